The van der Waals surface area contributed by atoms with Gasteiger partial charge >= 0.3 is 0 Å². The summed E-state index contributed by atoms with van der Waals surface area (Å²) in [6, 6.07) is 8.00. The number of halogens is 1. The van der Waals surface area contributed by atoms with Crippen LogP contribution in [0.5, 0.6) is 0 Å². The molecule has 1 aromatic heterocycles. The van der Waals surface area contributed by atoms with Gasteiger partial charge in [-0.2, -0.15) is 0 Å². The van der Waals surface area contributed by atoms with Gasteiger partial charge in [0.05, 0.1) is 0 Å². The lowest BCUT2D eigenvalue weighted by molar-refractivity contribution is 0.110. The summed E-state index contributed by atoms with van der Waals surface area (Å²) in [5, 5.41) is 0. The fourth-order valence-corrected chi connectivity index (χ4v) is 2.50. The Bertz CT molecular complexity index is 600. The minimum absolute atomic E-state index is 0.256. The number of hydrogen-bond acceptors (Lipinski definition) is 3. The molecule has 3 rings (SSSR count). The monoisotopic (exact) mass is 259 g/mol. The van der Waals surface area contributed by atoms with Crippen LogP contribution in [0.15, 0.2) is 34.7 Å². The summed E-state index contributed by atoms with van der Waals surface area (Å²) in [4.78, 5) is 12.9. The topological polar surface area (TPSA) is 33.5 Å². The van der Waals surface area contributed by atoms with Crippen LogP contribution in [0.3, 0.4) is 0 Å². The van der Waals surface area contributed by atoms with Crippen LogP contribution in [-0.2, 0) is 0 Å². The third-order valence-electron chi connectivity index (χ3n) is 3.41. The minimum Gasteiger partial charge on any atom is -0.453 e. The molecule has 0 amide bonds. The van der Waals surface area contributed by atoms with Crippen LogP contribution in [0, 0.1) is 5.82 Å². The van der Waals surface area contributed by atoms with Crippen LogP contribution in [0.2, 0.25) is 0 Å². The standard InChI is InChI=1S/C15H14FNO2/c16-11-3-5-14(17-7-1-2-8-17)13(9-11)15-6-4-12(10-18)19-15/h3-6,9-10H,1-2,7-8H2. The lowest BCUT2D eigenvalue weighted by atomic mass is 10.1. The van der Waals surface area contributed by atoms with Crippen molar-refractivity contribution in [3.8, 4) is 11.3 Å². The maximum atomic E-state index is 13.5. The van der Waals surface area contributed by atoms with Crippen LogP contribution in [0.1, 0.15) is 23.4 Å². The molecule has 3 nitrogen and oxygen atoms in total. The molecule has 1 aromatic carbocycles. The van der Waals surface area contributed by atoms with E-state index in [2.05, 4.69) is 4.90 Å². The SMILES string of the molecule is O=Cc1ccc(-c2cc(F)ccc2N2CCCC2)o1. The van der Waals surface area contributed by atoms with E-state index < -0.39 is 0 Å². The number of aldehydes is 1. The van der Waals surface area contributed by atoms with Crippen LogP contribution in [-0.4, -0.2) is 19.4 Å². The lowest BCUT2D eigenvalue weighted by Gasteiger charge is -2.20. The van der Waals surface area contributed by atoms with Gasteiger partial charge in [0.15, 0.2) is 12.0 Å². The summed E-state index contributed by atoms with van der Waals surface area (Å²) in [7, 11) is 0. The lowest BCUT2D eigenvalue weighted by Crippen LogP contribution is -2.18. The minimum atomic E-state index is -0.304. The summed E-state index contributed by atoms with van der Waals surface area (Å²) >= 11 is 0. The largest absolute Gasteiger partial charge is 0.453 e. The van der Waals surface area contributed by atoms with Gasteiger partial charge in [-0.3, -0.25) is 4.79 Å². The van der Waals surface area contributed by atoms with Crippen molar-refractivity contribution >= 4 is 12.0 Å². The van der Waals surface area contributed by atoms with Gasteiger partial charge in [-0.15, -0.1) is 0 Å². The number of anilines is 1. The highest BCUT2D eigenvalue weighted by molar-refractivity contribution is 5.78. The maximum Gasteiger partial charge on any atom is 0.185 e. The molecular formula is C15H14FNO2. The molecule has 1 aliphatic rings. The molecular weight excluding hydrogens is 245 g/mol. The molecule has 0 saturated carbocycles. The van der Waals surface area contributed by atoms with E-state index in [-0.39, 0.29) is 11.6 Å². The molecule has 4 heteroatoms. The second-order valence-electron chi connectivity index (χ2n) is 4.68. The molecule has 0 aliphatic carbocycles. The summed E-state index contributed by atoms with van der Waals surface area (Å²) in [6.07, 6.45) is 2.95. The van der Waals surface area contributed by atoms with Gasteiger partial charge in [0, 0.05) is 24.3 Å². The summed E-state index contributed by atoms with van der Waals surface area (Å²) in [6.45, 7) is 1.94. The van der Waals surface area contributed by atoms with Gasteiger partial charge in [0.2, 0.25) is 0 Å². The second-order valence-corrected chi connectivity index (χ2v) is 4.68. The Morgan fingerprint density at radius 2 is 1.95 bits per heavy atom. The van der Waals surface area contributed by atoms with Crippen LogP contribution >= 0.6 is 0 Å². The average molecular weight is 259 g/mol. The molecule has 2 aromatic rings. The zero-order valence-electron chi connectivity index (χ0n) is 10.4. The molecule has 98 valence electrons. The van der Waals surface area contributed by atoms with E-state index >= 15 is 0 Å². The van der Waals surface area contributed by atoms with Crippen molar-refractivity contribution < 1.29 is 13.6 Å². The van der Waals surface area contributed by atoms with Gasteiger partial charge in [0.25, 0.3) is 0 Å². The number of rotatable bonds is 3. The third kappa shape index (κ3) is 2.26. The zero-order valence-corrected chi connectivity index (χ0v) is 10.4. The smallest absolute Gasteiger partial charge is 0.185 e. The van der Waals surface area contributed by atoms with Crippen molar-refractivity contribution in [1.29, 1.82) is 0 Å². The van der Waals surface area contributed by atoms with Crippen molar-refractivity contribution in [2.45, 2.75) is 12.8 Å². The average Bonchev–Trinajstić information content (AvgIpc) is 3.10. The number of benzene rings is 1. The molecule has 1 saturated heterocycles. The van der Waals surface area contributed by atoms with E-state index in [1.165, 1.54) is 12.1 Å². The molecule has 0 unspecified atom stereocenters. The van der Waals surface area contributed by atoms with Gasteiger partial charge in [0.1, 0.15) is 11.6 Å². The molecule has 1 aliphatic heterocycles. The first-order valence-corrected chi connectivity index (χ1v) is 6.38. The van der Waals surface area contributed by atoms with Crippen molar-refractivity contribution in [2.24, 2.45) is 0 Å². The van der Waals surface area contributed by atoms with Crippen molar-refractivity contribution in [3.05, 3.63) is 41.9 Å². The fraction of sp³-hybridized carbons (Fsp3) is 0.267. The van der Waals surface area contributed by atoms with E-state index in [0.717, 1.165) is 31.6 Å². The van der Waals surface area contributed by atoms with Crippen molar-refractivity contribution in [1.82, 2.24) is 0 Å². The third-order valence-corrected chi connectivity index (χ3v) is 3.41. The van der Waals surface area contributed by atoms with Crippen molar-refractivity contribution in [3.63, 3.8) is 0 Å². The molecule has 0 spiro atoms. The van der Waals surface area contributed by atoms with Gasteiger partial charge in [-0.05, 0) is 43.2 Å². The Hall–Kier alpha value is -2.10. The van der Waals surface area contributed by atoms with E-state index in [1.54, 1.807) is 18.2 Å². The summed E-state index contributed by atoms with van der Waals surface area (Å²) < 4.78 is 18.9. The first-order valence-electron chi connectivity index (χ1n) is 6.38. The molecule has 0 atom stereocenters. The quantitative estimate of drug-likeness (QED) is 0.791. The number of furan rings is 1. The Kier molecular flexibility index (Phi) is 3.07. The Labute approximate surface area is 110 Å². The Morgan fingerprint density at radius 1 is 1.16 bits per heavy atom. The fourth-order valence-electron chi connectivity index (χ4n) is 2.50. The number of nitrogens with zero attached hydrogens (tertiary/aromatic N) is 1. The number of carbonyl (C=O) groups excluding carboxylic acids is 1. The van der Waals surface area contributed by atoms with Crippen molar-refractivity contribution in [2.75, 3.05) is 18.0 Å². The van der Waals surface area contributed by atoms with E-state index in [9.17, 15) is 9.18 Å². The summed E-state index contributed by atoms with van der Waals surface area (Å²) in [5.74, 6) is 0.483. The first kappa shape index (κ1) is 12.0. The number of carbonyl (C=O) groups is 1. The second kappa shape index (κ2) is 4.88. The molecule has 0 radical (unpaired) electrons. The van der Waals surface area contributed by atoms with E-state index in [0.29, 0.717) is 17.6 Å². The highest BCUT2D eigenvalue weighted by atomic mass is 19.1. The van der Waals surface area contributed by atoms with Gasteiger partial charge in [-0.25, -0.2) is 4.39 Å². The van der Waals surface area contributed by atoms with E-state index in [4.69, 9.17) is 4.42 Å². The highest BCUT2D eigenvalue weighted by Crippen LogP contribution is 2.34. The molecule has 0 N–H and O–H groups in total. The molecule has 19 heavy (non-hydrogen) atoms. The molecule has 2 heterocycles. The Balaban J connectivity index is 2.07. The first-order chi connectivity index (χ1) is 9.28. The van der Waals surface area contributed by atoms with Crippen LogP contribution in [0.25, 0.3) is 11.3 Å². The van der Waals surface area contributed by atoms with Gasteiger partial charge < -0.3 is 9.32 Å². The Morgan fingerprint density at radius 3 is 2.63 bits per heavy atom. The molecule has 0 bridgehead atoms. The van der Waals surface area contributed by atoms with Gasteiger partial charge in [-0.1, -0.05) is 0 Å². The van der Waals surface area contributed by atoms with Crippen LogP contribution < -0.4 is 4.90 Å². The highest BCUT2D eigenvalue weighted by Gasteiger charge is 2.18. The number of hydrogen-bond donors (Lipinski definition) is 0. The molecule has 1 fully saturated rings. The zero-order chi connectivity index (χ0) is 13.2. The maximum absolute atomic E-state index is 13.5. The predicted octanol–water partition coefficient (Wildman–Crippen LogP) is 3.50. The normalized spacial score (nSPS) is 14.9. The summed E-state index contributed by atoms with van der Waals surface area (Å²) in [5.41, 5.74) is 1.67. The van der Waals surface area contributed by atoms with E-state index in [1.807, 2.05) is 0 Å². The van der Waals surface area contributed by atoms with Crippen LogP contribution in [0.4, 0.5) is 10.1 Å². The predicted molar refractivity (Wildman–Crippen MR) is 70.9 cm³/mol.